The molecule has 0 unspecified atom stereocenters. The van der Waals surface area contributed by atoms with E-state index in [0.29, 0.717) is 17.6 Å². The van der Waals surface area contributed by atoms with Gasteiger partial charge in [-0.3, -0.25) is 4.79 Å². The third-order valence-corrected chi connectivity index (χ3v) is 8.12. The van der Waals surface area contributed by atoms with Crippen LogP contribution in [0, 0.1) is 23.2 Å². The van der Waals surface area contributed by atoms with Gasteiger partial charge in [0.2, 0.25) is 0 Å². The Morgan fingerprint density at radius 2 is 1.72 bits per heavy atom. The highest BCUT2D eigenvalue weighted by molar-refractivity contribution is 6.08. The van der Waals surface area contributed by atoms with Crippen LogP contribution in [0.4, 0.5) is 0 Å². The molecule has 1 aromatic carbocycles. The SMILES string of the molecule is Cn1cc(C(=O)CCCCCNCC23CC4CC(CC(C4)C2)C3)c2ccccc21. The van der Waals surface area contributed by atoms with Gasteiger partial charge in [-0.1, -0.05) is 24.6 Å². The molecule has 4 aliphatic rings. The third kappa shape index (κ3) is 3.91. The fourth-order valence-electron chi connectivity index (χ4n) is 7.27. The molecule has 0 radical (unpaired) electrons. The summed E-state index contributed by atoms with van der Waals surface area (Å²) in [5.74, 6) is 3.43. The van der Waals surface area contributed by atoms with Gasteiger partial charge in [0.25, 0.3) is 0 Å². The van der Waals surface area contributed by atoms with Crippen LogP contribution < -0.4 is 5.32 Å². The summed E-state index contributed by atoms with van der Waals surface area (Å²) >= 11 is 0. The fourth-order valence-corrected chi connectivity index (χ4v) is 7.27. The van der Waals surface area contributed by atoms with E-state index in [1.165, 1.54) is 51.5 Å². The summed E-state index contributed by atoms with van der Waals surface area (Å²) in [5.41, 5.74) is 2.67. The molecule has 4 bridgehead atoms. The van der Waals surface area contributed by atoms with E-state index in [1.54, 1.807) is 0 Å². The zero-order valence-electron chi connectivity index (χ0n) is 18.0. The highest BCUT2D eigenvalue weighted by atomic mass is 16.1. The Morgan fingerprint density at radius 1 is 1.03 bits per heavy atom. The molecule has 0 aliphatic heterocycles. The molecule has 6 rings (SSSR count). The molecule has 1 N–H and O–H groups in total. The van der Waals surface area contributed by atoms with Crippen molar-refractivity contribution in [2.45, 2.75) is 64.2 Å². The second-order valence-electron chi connectivity index (χ2n) is 10.5. The Bertz CT molecular complexity index is 845. The van der Waals surface area contributed by atoms with Crippen LogP contribution in [0.25, 0.3) is 10.9 Å². The van der Waals surface area contributed by atoms with Crippen LogP contribution in [0.2, 0.25) is 0 Å². The number of carbonyl (C=O) groups excluding carboxylic acids is 1. The Balaban J connectivity index is 1.03. The van der Waals surface area contributed by atoms with Crippen molar-refractivity contribution in [1.29, 1.82) is 0 Å². The number of benzene rings is 1. The maximum atomic E-state index is 12.7. The molecule has 0 amide bonds. The van der Waals surface area contributed by atoms with Crippen molar-refractivity contribution >= 4 is 16.7 Å². The molecule has 0 spiro atoms. The van der Waals surface area contributed by atoms with Crippen molar-refractivity contribution < 1.29 is 4.79 Å². The first-order valence-electron chi connectivity index (χ1n) is 11.9. The molecule has 3 heteroatoms. The van der Waals surface area contributed by atoms with Crippen LogP contribution in [0.3, 0.4) is 0 Å². The standard InChI is InChI=1S/C26H36N2O/c1-28-17-23(22-7-4-5-8-24(22)28)25(29)9-3-2-6-10-27-18-26-14-19-11-20(15-26)13-21(12-19)16-26/h4-5,7-8,17,19-21,27H,2-3,6,9-16,18H2,1H3. The molecule has 4 aliphatic carbocycles. The average Bonchev–Trinajstić information content (AvgIpc) is 3.03. The molecule has 1 heterocycles. The number of nitrogens with zero attached hydrogens (tertiary/aromatic N) is 1. The maximum Gasteiger partial charge on any atom is 0.165 e. The number of hydrogen-bond donors (Lipinski definition) is 1. The quantitative estimate of drug-likeness (QED) is 0.437. The molecule has 1 aromatic heterocycles. The summed E-state index contributed by atoms with van der Waals surface area (Å²) in [7, 11) is 2.02. The molecule has 29 heavy (non-hydrogen) atoms. The van der Waals surface area contributed by atoms with E-state index >= 15 is 0 Å². The first-order valence-corrected chi connectivity index (χ1v) is 11.9. The van der Waals surface area contributed by atoms with E-state index in [-0.39, 0.29) is 0 Å². The van der Waals surface area contributed by atoms with Gasteiger partial charge in [0.05, 0.1) is 0 Å². The topological polar surface area (TPSA) is 34.0 Å². The van der Waals surface area contributed by atoms with E-state index in [1.807, 2.05) is 25.4 Å². The minimum Gasteiger partial charge on any atom is -0.350 e. The maximum absolute atomic E-state index is 12.7. The molecule has 3 nitrogen and oxygen atoms in total. The molecule has 0 atom stereocenters. The molecule has 0 saturated heterocycles. The molecule has 4 fully saturated rings. The zero-order valence-corrected chi connectivity index (χ0v) is 18.0. The smallest absolute Gasteiger partial charge is 0.165 e. The lowest BCUT2D eigenvalue weighted by molar-refractivity contribution is -0.0512. The summed E-state index contributed by atoms with van der Waals surface area (Å²) in [4.78, 5) is 12.7. The number of aromatic nitrogens is 1. The number of fused-ring (bicyclic) bond motifs is 1. The first-order chi connectivity index (χ1) is 14.1. The van der Waals surface area contributed by atoms with Gasteiger partial charge in [-0.05, 0) is 87.1 Å². The van der Waals surface area contributed by atoms with Gasteiger partial charge >= 0.3 is 0 Å². The van der Waals surface area contributed by atoms with Crippen LogP contribution in [-0.2, 0) is 7.05 Å². The Hall–Kier alpha value is -1.61. The summed E-state index contributed by atoms with van der Waals surface area (Å²) in [5, 5.41) is 4.90. The molecule has 2 aromatic rings. The van der Waals surface area contributed by atoms with Gasteiger partial charge in [-0.2, -0.15) is 0 Å². The normalized spacial score (nSPS) is 30.3. The number of Topliss-reactive ketones (excluding diaryl/α,β-unsaturated/α-hetero) is 1. The van der Waals surface area contributed by atoms with Crippen LogP contribution >= 0.6 is 0 Å². The van der Waals surface area contributed by atoms with Crippen LogP contribution in [0.15, 0.2) is 30.5 Å². The fraction of sp³-hybridized carbons (Fsp3) is 0.654. The number of hydrogen-bond acceptors (Lipinski definition) is 2. The Labute approximate surface area is 175 Å². The van der Waals surface area contributed by atoms with Crippen molar-refractivity contribution in [1.82, 2.24) is 9.88 Å². The molecular weight excluding hydrogens is 356 g/mol. The predicted octanol–water partition coefficient (Wildman–Crippen LogP) is 5.73. The number of para-hydroxylation sites is 1. The Kier molecular flexibility index (Phi) is 5.28. The largest absolute Gasteiger partial charge is 0.350 e. The number of rotatable bonds is 9. The van der Waals surface area contributed by atoms with Crippen LogP contribution in [-0.4, -0.2) is 23.4 Å². The number of nitrogens with one attached hydrogen (secondary N) is 1. The Morgan fingerprint density at radius 3 is 2.45 bits per heavy atom. The second-order valence-corrected chi connectivity index (χ2v) is 10.5. The minimum atomic E-state index is 0.295. The van der Waals surface area contributed by atoms with Crippen molar-refractivity contribution in [2.24, 2.45) is 30.2 Å². The van der Waals surface area contributed by atoms with Gasteiger partial charge in [-0.25, -0.2) is 0 Å². The van der Waals surface area contributed by atoms with E-state index < -0.39 is 0 Å². The lowest BCUT2D eigenvalue weighted by atomic mass is 9.49. The zero-order chi connectivity index (χ0) is 19.8. The van der Waals surface area contributed by atoms with Crippen molar-refractivity contribution in [3.63, 3.8) is 0 Å². The van der Waals surface area contributed by atoms with Crippen molar-refractivity contribution in [3.8, 4) is 0 Å². The van der Waals surface area contributed by atoms with Gasteiger partial charge in [0.15, 0.2) is 5.78 Å². The summed E-state index contributed by atoms with van der Waals surface area (Å²) in [6, 6.07) is 8.21. The van der Waals surface area contributed by atoms with Gasteiger partial charge < -0.3 is 9.88 Å². The third-order valence-electron chi connectivity index (χ3n) is 8.12. The van der Waals surface area contributed by atoms with E-state index in [9.17, 15) is 4.79 Å². The monoisotopic (exact) mass is 392 g/mol. The van der Waals surface area contributed by atoms with Crippen LogP contribution in [0.5, 0.6) is 0 Å². The summed E-state index contributed by atoms with van der Waals surface area (Å²) < 4.78 is 2.07. The number of aryl methyl sites for hydroxylation is 1. The highest BCUT2D eigenvalue weighted by Crippen LogP contribution is 2.59. The van der Waals surface area contributed by atoms with E-state index in [2.05, 4.69) is 22.0 Å². The lowest BCUT2D eigenvalue weighted by Crippen LogP contribution is -2.50. The minimum absolute atomic E-state index is 0.295. The molecule has 4 saturated carbocycles. The second kappa shape index (κ2) is 7.91. The molecule has 156 valence electrons. The number of ketones is 1. The number of carbonyl (C=O) groups is 1. The first kappa shape index (κ1) is 19.4. The summed E-state index contributed by atoms with van der Waals surface area (Å²) in [6.07, 6.45) is 15.1. The van der Waals surface area contributed by atoms with Gasteiger partial charge in [0, 0.05) is 42.7 Å². The predicted molar refractivity (Wildman–Crippen MR) is 119 cm³/mol. The van der Waals surface area contributed by atoms with Gasteiger partial charge in [0.1, 0.15) is 0 Å². The van der Waals surface area contributed by atoms with E-state index in [0.717, 1.165) is 53.6 Å². The van der Waals surface area contributed by atoms with Crippen molar-refractivity contribution in [2.75, 3.05) is 13.1 Å². The summed E-state index contributed by atoms with van der Waals surface area (Å²) in [6.45, 7) is 2.36. The van der Waals surface area contributed by atoms with Gasteiger partial charge in [-0.15, -0.1) is 0 Å². The average molecular weight is 393 g/mol. The lowest BCUT2D eigenvalue weighted by Gasteiger charge is -2.57. The van der Waals surface area contributed by atoms with Crippen molar-refractivity contribution in [3.05, 3.63) is 36.0 Å². The van der Waals surface area contributed by atoms with E-state index in [4.69, 9.17) is 0 Å². The van der Waals surface area contributed by atoms with Crippen LogP contribution in [0.1, 0.15) is 74.6 Å². The molecular formula is C26H36N2O. The highest BCUT2D eigenvalue weighted by Gasteiger charge is 2.50. The number of unbranched alkanes of at least 4 members (excludes halogenated alkanes) is 2.